The topological polar surface area (TPSA) is 74.1 Å². The van der Waals surface area contributed by atoms with Crippen LogP contribution in [-0.2, 0) is 15.3 Å². The largest absolute Gasteiger partial charge is 0.467 e. The first-order valence-electron chi connectivity index (χ1n) is 11.1. The van der Waals surface area contributed by atoms with Gasteiger partial charge in [-0.3, -0.25) is 10.1 Å². The number of hydrogen-bond acceptors (Lipinski definition) is 6. The molecule has 8 heteroatoms. The van der Waals surface area contributed by atoms with Gasteiger partial charge in [-0.15, -0.1) is 6.42 Å². The van der Waals surface area contributed by atoms with E-state index in [9.17, 15) is 14.5 Å². The number of hydrogen-bond donors (Lipinski definition) is 0. The molecule has 2 aromatic rings. The summed E-state index contributed by atoms with van der Waals surface area (Å²) in [7, 11) is 0. The third kappa shape index (κ3) is 5.17. The number of para-hydroxylation sites is 2. The van der Waals surface area contributed by atoms with E-state index in [2.05, 4.69) is 10.8 Å². The summed E-state index contributed by atoms with van der Waals surface area (Å²) in [5.41, 5.74) is -0.128. The Labute approximate surface area is 192 Å². The molecule has 2 saturated heterocycles. The first-order chi connectivity index (χ1) is 16.0. The lowest BCUT2D eigenvalue weighted by molar-refractivity contribution is -0.386. The van der Waals surface area contributed by atoms with Gasteiger partial charge in [-0.25, -0.2) is 4.39 Å². The molecule has 0 radical (unpaired) electrons. The molecule has 4 rings (SSSR count). The fourth-order valence-electron chi connectivity index (χ4n) is 4.47. The summed E-state index contributed by atoms with van der Waals surface area (Å²) in [6, 6.07) is 12.6. The van der Waals surface area contributed by atoms with Crippen molar-refractivity contribution in [3.63, 3.8) is 0 Å². The molecule has 2 aliphatic heterocycles. The maximum Gasteiger partial charge on any atom is 0.310 e. The van der Waals surface area contributed by atoms with E-state index < -0.39 is 16.3 Å². The highest BCUT2D eigenvalue weighted by Crippen LogP contribution is 2.37. The van der Waals surface area contributed by atoms with Crippen LogP contribution in [0.15, 0.2) is 48.5 Å². The summed E-state index contributed by atoms with van der Waals surface area (Å²) in [5, 5.41) is 11.3. The number of likely N-dealkylation sites (tertiary alicyclic amines) is 1. The van der Waals surface area contributed by atoms with Crippen molar-refractivity contribution >= 4 is 5.69 Å². The Morgan fingerprint density at radius 2 is 1.79 bits per heavy atom. The van der Waals surface area contributed by atoms with E-state index in [1.807, 2.05) is 0 Å². The van der Waals surface area contributed by atoms with E-state index in [0.29, 0.717) is 32.5 Å². The molecule has 0 aliphatic carbocycles. The van der Waals surface area contributed by atoms with Crippen LogP contribution < -0.4 is 4.74 Å². The SMILES string of the molecule is C#CC1(Oc2ccccc2[N+](=O)[O-])CCN(CCCC2(c3ccc(F)cc3)OCCO2)CC1. The summed E-state index contributed by atoms with van der Waals surface area (Å²) in [6.45, 7) is 3.28. The average molecular weight is 454 g/mol. The summed E-state index contributed by atoms with van der Waals surface area (Å²) < 4.78 is 31.2. The van der Waals surface area contributed by atoms with Crippen molar-refractivity contribution in [2.75, 3.05) is 32.8 Å². The Morgan fingerprint density at radius 1 is 1.12 bits per heavy atom. The van der Waals surface area contributed by atoms with Crippen LogP contribution in [0.1, 0.15) is 31.2 Å². The van der Waals surface area contributed by atoms with E-state index in [-0.39, 0.29) is 17.3 Å². The van der Waals surface area contributed by atoms with Gasteiger partial charge >= 0.3 is 5.69 Å². The molecule has 0 atom stereocenters. The number of halogens is 1. The smallest absolute Gasteiger partial charge is 0.310 e. The number of nitro benzene ring substituents is 1. The normalized spacial score (nSPS) is 19.6. The van der Waals surface area contributed by atoms with Crippen molar-refractivity contribution in [2.24, 2.45) is 0 Å². The van der Waals surface area contributed by atoms with E-state index >= 15 is 0 Å². The Morgan fingerprint density at radius 3 is 2.42 bits per heavy atom. The van der Waals surface area contributed by atoms with E-state index in [1.54, 1.807) is 30.3 Å². The Kier molecular flexibility index (Phi) is 6.94. The second-order valence-corrected chi connectivity index (χ2v) is 8.37. The lowest BCUT2D eigenvalue weighted by Crippen LogP contribution is -2.47. The average Bonchev–Trinajstić information content (AvgIpc) is 3.31. The molecule has 2 aliphatic rings. The third-order valence-corrected chi connectivity index (χ3v) is 6.31. The second-order valence-electron chi connectivity index (χ2n) is 8.37. The van der Waals surface area contributed by atoms with Gasteiger partial charge in [-0.05, 0) is 31.2 Å². The Bertz CT molecular complexity index is 1010. The molecular formula is C25H27FN2O5. The van der Waals surface area contributed by atoms with Crippen LogP contribution in [0, 0.1) is 28.3 Å². The molecule has 33 heavy (non-hydrogen) atoms. The van der Waals surface area contributed by atoms with E-state index in [0.717, 1.165) is 31.6 Å². The van der Waals surface area contributed by atoms with Crippen LogP contribution in [0.2, 0.25) is 0 Å². The maximum atomic E-state index is 13.3. The zero-order valence-corrected chi connectivity index (χ0v) is 18.4. The predicted molar refractivity (Wildman–Crippen MR) is 120 cm³/mol. The van der Waals surface area contributed by atoms with Crippen molar-refractivity contribution < 1.29 is 23.5 Å². The van der Waals surface area contributed by atoms with E-state index in [1.165, 1.54) is 18.2 Å². The molecule has 0 saturated carbocycles. The van der Waals surface area contributed by atoms with Gasteiger partial charge in [0.2, 0.25) is 0 Å². The van der Waals surface area contributed by atoms with Gasteiger partial charge in [0.1, 0.15) is 5.82 Å². The minimum absolute atomic E-state index is 0.0859. The van der Waals surface area contributed by atoms with Crippen molar-refractivity contribution in [1.82, 2.24) is 4.90 Å². The van der Waals surface area contributed by atoms with Crippen LogP contribution in [0.25, 0.3) is 0 Å². The predicted octanol–water partition coefficient (Wildman–Crippen LogP) is 4.26. The highest BCUT2D eigenvalue weighted by molar-refractivity contribution is 5.46. The number of piperidine rings is 1. The fraction of sp³-hybridized carbons (Fsp3) is 0.440. The van der Waals surface area contributed by atoms with Crippen LogP contribution >= 0.6 is 0 Å². The molecular weight excluding hydrogens is 427 g/mol. The molecule has 0 aromatic heterocycles. The second kappa shape index (κ2) is 9.87. The van der Waals surface area contributed by atoms with Crippen LogP contribution in [0.4, 0.5) is 10.1 Å². The fourth-order valence-corrected chi connectivity index (χ4v) is 4.47. The zero-order valence-electron chi connectivity index (χ0n) is 18.4. The summed E-state index contributed by atoms with van der Waals surface area (Å²) in [4.78, 5) is 13.1. The van der Waals surface area contributed by atoms with Crippen LogP contribution in [0.5, 0.6) is 5.75 Å². The quantitative estimate of drug-likeness (QED) is 0.337. The minimum Gasteiger partial charge on any atom is -0.467 e. The molecule has 0 amide bonds. The van der Waals surface area contributed by atoms with Gasteiger partial charge in [0.25, 0.3) is 0 Å². The van der Waals surface area contributed by atoms with Gasteiger partial charge in [-0.1, -0.05) is 30.2 Å². The van der Waals surface area contributed by atoms with Crippen LogP contribution in [-0.4, -0.2) is 48.3 Å². The number of terminal acetylenes is 1. The van der Waals surface area contributed by atoms with Crippen molar-refractivity contribution in [1.29, 1.82) is 0 Å². The number of rotatable bonds is 8. The van der Waals surface area contributed by atoms with Crippen molar-refractivity contribution in [3.8, 4) is 18.1 Å². The van der Waals surface area contributed by atoms with Gasteiger partial charge in [0, 0.05) is 44.0 Å². The molecule has 174 valence electrons. The van der Waals surface area contributed by atoms with Gasteiger partial charge < -0.3 is 19.1 Å². The Hall–Kier alpha value is -2.99. The summed E-state index contributed by atoms with van der Waals surface area (Å²) in [5.74, 6) is 1.82. The molecule has 0 unspecified atom stereocenters. The first kappa shape index (κ1) is 23.2. The molecule has 0 bridgehead atoms. The first-order valence-corrected chi connectivity index (χ1v) is 11.1. The number of benzene rings is 2. The monoisotopic (exact) mass is 454 g/mol. The van der Waals surface area contributed by atoms with Crippen LogP contribution in [0.3, 0.4) is 0 Å². The lowest BCUT2D eigenvalue weighted by Gasteiger charge is -2.38. The molecule has 2 fully saturated rings. The molecule has 2 aromatic carbocycles. The summed E-state index contributed by atoms with van der Waals surface area (Å²) in [6.07, 6.45) is 8.44. The van der Waals surface area contributed by atoms with Gasteiger partial charge in [0.05, 0.1) is 18.1 Å². The van der Waals surface area contributed by atoms with Gasteiger partial charge in [-0.2, -0.15) is 0 Å². The number of nitro groups is 1. The highest BCUT2D eigenvalue weighted by atomic mass is 19.1. The Balaban J connectivity index is 1.33. The zero-order chi connectivity index (χ0) is 23.3. The molecule has 7 nitrogen and oxygen atoms in total. The summed E-state index contributed by atoms with van der Waals surface area (Å²) >= 11 is 0. The lowest BCUT2D eigenvalue weighted by atomic mass is 9.91. The van der Waals surface area contributed by atoms with Gasteiger partial charge in [0.15, 0.2) is 17.1 Å². The van der Waals surface area contributed by atoms with Crippen molar-refractivity contribution in [3.05, 3.63) is 70.0 Å². The van der Waals surface area contributed by atoms with E-state index in [4.69, 9.17) is 20.6 Å². The maximum absolute atomic E-state index is 13.3. The number of ether oxygens (including phenoxy) is 3. The minimum atomic E-state index is -0.865. The molecule has 0 N–H and O–H groups in total. The third-order valence-electron chi connectivity index (χ3n) is 6.31. The highest BCUT2D eigenvalue weighted by Gasteiger charge is 2.39. The molecule has 2 heterocycles. The standard InChI is InChI=1S/C25H27FN2O5/c1-2-24(33-23-7-4-3-6-22(23)28(29)30)13-16-27(17-14-24)15-5-12-25(31-18-19-32-25)20-8-10-21(26)11-9-20/h1,3-4,6-11H,5,12-19H2. The number of nitrogens with zero attached hydrogens (tertiary/aromatic N) is 2. The molecule has 0 spiro atoms. The van der Waals surface area contributed by atoms with Crippen molar-refractivity contribution in [2.45, 2.75) is 37.1 Å².